The zero-order valence-corrected chi connectivity index (χ0v) is 14.7. The van der Waals surface area contributed by atoms with Gasteiger partial charge in [0, 0.05) is 11.6 Å². The summed E-state index contributed by atoms with van der Waals surface area (Å²) in [4.78, 5) is 12.1. The number of benzene rings is 1. The minimum Gasteiger partial charge on any atom is -0.296 e. The van der Waals surface area contributed by atoms with Crippen LogP contribution in [0, 0.1) is 6.92 Å². The van der Waals surface area contributed by atoms with Gasteiger partial charge in [0.1, 0.15) is 0 Å². The quantitative estimate of drug-likeness (QED) is 0.774. The number of hydrogen-bond donors (Lipinski definition) is 2. The number of carbonyl (C=O) groups is 1. The number of aromatic nitrogens is 2. The maximum absolute atomic E-state index is 12.1. The van der Waals surface area contributed by atoms with Crippen LogP contribution in [0.3, 0.4) is 0 Å². The zero-order chi connectivity index (χ0) is 17.0. The summed E-state index contributed by atoms with van der Waals surface area (Å²) in [5.74, 6) is -0.361. The number of carbonyl (C=O) groups excluding carboxylic acids is 1. The molecule has 2 rings (SSSR count). The fourth-order valence-electron chi connectivity index (χ4n) is 1.64. The largest absolute Gasteiger partial charge is 0.296 e. The van der Waals surface area contributed by atoms with Gasteiger partial charge in [-0.25, -0.2) is 13.1 Å². The Morgan fingerprint density at radius 1 is 1.26 bits per heavy atom. The van der Waals surface area contributed by atoms with E-state index >= 15 is 0 Å². The standard InChI is InChI=1S/C14H18N4O3S2/c1-4-10(3)18-23(20,21)14-17-16-13(22-14)15-12(19)11-7-5-9(2)6-8-11/h5-8,10,18H,4H2,1-3H3,(H,15,16,19)/t10-/m0/s1. The van der Waals surface area contributed by atoms with Crippen LogP contribution >= 0.6 is 11.3 Å². The smallest absolute Gasteiger partial charge is 0.270 e. The molecule has 0 fully saturated rings. The van der Waals surface area contributed by atoms with Crippen LogP contribution in [-0.2, 0) is 10.0 Å². The van der Waals surface area contributed by atoms with Crippen LogP contribution in [0.2, 0.25) is 0 Å². The Kier molecular flexibility index (Phi) is 5.45. The number of sulfonamides is 1. The van der Waals surface area contributed by atoms with Crippen LogP contribution in [0.4, 0.5) is 5.13 Å². The molecule has 1 amide bonds. The van der Waals surface area contributed by atoms with E-state index in [4.69, 9.17) is 0 Å². The average Bonchev–Trinajstić information content (AvgIpc) is 2.96. The first-order chi connectivity index (χ1) is 10.8. The molecule has 2 aromatic rings. The van der Waals surface area contributed by atoms with E-state index in [9.17, 15) is 13.2 Å². The van der Waals surface area contributed by atoms with Crippen molar-refractivity contribution < 1.29 is 13.2 Å². The first kappa shape index (κ1) is 17.5. The Morgan fingerprint density at radius 2 is 1.91 bits per heavy atom. The van der Waals surface area contributed by atoms with Crippen LogP contribution in [0.1, 0.15) is 36.2 Å². The third-order valence-corrected chi connectivity index (χ3v) is 5.93. The lowest BCUT2D eigenvalue weighted by molar-refractivity contribution is 0.102. The van der Waals surface area contributed by atoms with Gasteiger partial charge in [-0.2, -0.15) is 0 Å². The molecule has 9 heteroatoms. The van der Waals surface area contributed by atoms with E-state index in [-0.39, 0.29) is 21.4 Å². The minimum absolute atomic E-state index is 0.139. The maximum atomic E-state index is 12.1. The van der Waals surface area contributed by atoms with Gasteiger partial charge in [0.15, 0.2) is 0 Å². The predicted molar refractivity (Wildman–Crippen MR) is 89.1 cm³/mol. The minimum atomic E-state index is -3.71. The summed E-state index contributed by atoms with van der Waals surface area (Å²) in [5.41, 5.74) is 1.51. The number of amides is 1. The molecule has 1 heterocycles. The topological polar surface area (TPSA) is 101 Å². The molecule has 0 saturated heterocycles. The molecular weight excluding hydrogens is 336 g/mol. The van der Waals surface area contributed by atoms with Crippen LogP contribution in [0.25, 0.3) is 0 Å². The van der Waals surface area contributed by atoms with Crippen molar-refractivity contribution >= 4 is 32.4 Å². The molecule has 0 saturated carbocycles. The molecule has 0 radical (unpaired) electrons. The number of hydrogen-bond acceptors (Lipinski definition) is 6. The lowest BCUT2D eigenvalue weighted by Crippen LogP contribution is -2.31. The molecule has 1 aromatic heterocycles. The summed E-state index contributed by atoms with van der Waals surface area (Å²) in [6.45, 7) is 5.56. The highest BCUT2D eigenvalue weighted by atomic mass is 32.2. The zero-order valence-electron chi connectivity index (χ0n) is 13.0. The summed E-state index contributed by atoms with van der Waals surface area (Å²) >= 11 is 0.814. The van der Waals surface area contributed by atoms with Crippen molar-refractivity contribution in [3.05, 3.63) is 35.4 Å². The van der Waals surface area contributed by atoms with E-state index in [1.165, 1.54) is 0 Å². The molecule has 0 bridgehead atoms. The van der Waals surface area contributed by atoms with Crippen molar-refractivity contribution in [1.29, 1.82) is 0 Å². The molecule has 0 spiro atoms. The van der Waals surface area contributed by atoms with E-state index in [0.29, 0.717) is 12.0 Å². The molecule has 1 atom stereocenters. The number of rotatable bonds is 6. The van der Waals surface area contributed by atoms with Crippen molar-refractivity contribution in [2.75, 3.05) is 5.32 Å². The highest BCUT2D eigenvalue weighted by Crippen LogP contribution is 2.21. The molecule has 7 nitrogen and oxygen atoms in total. The number of nitrogens with zero attached hydrogens (tertiary/aromatic N) is 2. The fraction of sp³-hybridized carbons (Fsp3) is 0.357. The molecule has 124 valence electrons. The van der Waals surface area contributed by atoms with Crippen molar-refractivity contribution in [3.8, 4) is 0 Å². The van der Waals surface area contributed by atoms with E-state index in [1.807, 2.05) is 26.0 Å². The highest BCUT2D eigenvalue weighted by molar-refractivity contribution is 7.91. The molecule has 0 aliphatic rings. The summed E-state index contributed by atoms with van der Waals surface area (Å²) in [6.07, 6.45) is 0.662. The van der Waals surface area contributed by atoms with Crippen LogP contribution in [-0.4, -0.2) is 30.6 Å². The molecule has 0 aliphatic carbocycles. The van der Waals surface area contributed by atoms with Crippen LogP contribution < -0.4 is 10.0 Å². The molecular formula is C14H18N4O3S2. The molecule has 1 aromatic carbocycles. The third kappa shape index (κ3) is 4.57. The molecule has 0 aliphatic heterocycles. The normalized spacial score (nSPS) is 12.8. The molecule has 2 N–H and O–H groups in total. The Morgan fingerprint density at radius 3 is 2.52 bits per heavy atom. The Labute approximate surface area is 139 Å². The average molecular weight is 354 g/mol. The second kappa shape index (κ2) is 7.16. The van der Waals surface area contributed by atoms with Gasteiger partial charge in [-0.05, 0) is 32.4 Å². The first-order valence-electron chi connectivity index (χ1n) is 7.05. The van der Waals surface area contributed by atoms with Gasteiger partial charge < -0.3 is 0 Å². The molecule has 23 heavy (non-hydrogen) atoms. The summed E-state index contributed by atoms with van der Waals surface area (Å²) in [7, 11) is -3.71. The van der Waals surface area contributed by atoms with Gasteiger partial charge >= 0.3 is 0 Å². The Balaban J connectivity index is 2.10. The van der Waals surface area contributed by atoms with Gasteiger partial charge in [0.05, 0.1) is 0 Å². The number of aryl methyl sites for hydroxylation is 1. The maximum Gasteiger partial charge on any atom is 0.270 e. The van der Waals surface area contributed by atoms with E-state index in [1.54, 1.807) is 19.1 Å². The number of nitrogens with one attached hydrogen (secondary N) is 2. The summed E-state index contributed by atoms with van der Waals surface area (Å²) < 4.78 is 26.5. The van der Waals surface area contributed by atoms with E-state index in [2.05, 4.69) is 20.2 Å². The highest BCUT2D eigenvalue weighted by Gasteiger charge is 2.22. The SMILES string of the molecule is CC[C@H](C)NS(=O)(=O)c1nnc(NC(=O)c2ccc(C)cc2)s1. The van der Waals surface area contributed by atoms with Gasteiger partial charge in [-0.15, -0.1) is 10.2 Å². The second-order valence-electron chi connectivity index (χ2n) is 5.12. The van der Waals surface area contributed by atoms with Crippen LogP contribution in [0.5, 0.6) is 0 Å². The Hall–Kier alpha value is -1.84. The van der Waals surface area contributed by atoms with Crippen molar-refractivity contribution in [3.63, 3.8) is 0 Å². The van der Waals surface area contributed by atoms with Crippen LogP contribution in [0.15, 0.2) is 28.6 Å². The van der Waals surface area contributed by atoms with Gasteiger partial charge in [0.25, 0.3) is 15.9 Å². The number of anilines is 1. The second-order valence-corrected chi connectivity index (χ2v) is 7.99. The third-order valence-electron chi connectivity index (χ3n) is 3.14. The molecule has 0 unspecified atom stereocenters. The van der Waals surface area contributed by atoms with E-state index < -0.39 is 10.0 Å². The lowest BCUT2D eigenvalue weighted by Gasteiger charge is -2.08. The van der Waals surface area contributed by atoms with E-state index in [0.717, 1.165) is 16.9 Å². The van der Waals surface area contributed by atoms with Gasteiger partial charge in [-0.1, -0.05) is 36.0 Å². The monoisotopic (exact) mass is 354 g/mol. The van der Waals surface area contributed by atoms with Crippen molar-refractivity contribution in [1.82, 2.24) is 14.9 Å². The predicted octanol–water partition coefficient (Wildman–Crippen LogP) is 2.18. The lowest BCUT2D eigenvalue weighted by atomic mass is 10.1. The summed E-state index contributed by atoms with van der Waals surface area (Å²) in [6, 6.07) is 6.82. The van der Waals surface area contributed by atoms with Crippen molar-refractivity contribution in [2.24, 2.45) is 0 Å². The van der Waals surface area contributed by atoms with Gasteiger partial charge in [0.2, 0.25) is 9.47 Å². The first-order valence-corrected chi connectivity index (χ1v) is 9.35. The Bertz CT molecular complexity index is 785. The summed E-state index contributed by atoms with van der Waals surface area (Å²) in [5, 5.41) is 10.0. The van der Waals surface area contributed by atoms with Crippen molar-refractivity contribution in [2.45, 2.75) is 37.6 Å². The van der Waals surface area contributed by atoms with Gasteiger partial charge in [-0.3, -0.25) is 10.1 Å². The fourth-order valence-corrected chi connectivity index (χ4v) is 3.88.